The zero-order chi connectivity index (χ0) is 13.3. The van der Waals surface area contributed by atoms with Crippen molar-refractivity contribution in [3.8, 4) is 0 Å². The predicted molar refractivity (Wildman–Crippen MR) is 67.0 cm³/mol. The number of aromatic nitrogens is 4. The number of nitrogens with one attached hydrogen (secondary N) is 2. The van der Waals surface area contributed by atoms with Crippen molar-refractivity contribution in [2.24, 2.45) is 7.05 Å². The summed E-state index contributed by atoms with van der Waals surface area (Å²) in [6.45, 7) is 0.711. The van der Waals surface area contributed by atoms with Crippen molar-refractivity contribution in [2.75, 3.05) is 26.1 Å². The highest BCUT2D eigenvalue weighted by Crippen LogP contribution is 2.08. The molecule has 18 heavy (non-hydrogen) atoms. The fourth-order valence-electron chi connectivity index (χ4n) is 1.74. The van der Waals surface area contributed by atoms with E-state index in [1.165, 1.54) is 11.6 Å². The van der Waals surface area contributed by atoms with Gasteiger partial charge in [-0.1, -0.05) is 0 Å². The molecule has 0 saturated heterocycles. The lowest BCUT2D eigenvalue weighted by molar-refractivity contribution is 0.186. The van der Waals surface area contributed by atoms with Crippen LogP contribution in [0.3, 0.4) is 0 Å². The molecule has 2 aromatic rings. The molecule has 0 fully saturated rings. The van der Waals surface area contributed by atoms with Gasteiger partial charge in [0.15, 0.2) is 11.2 Å². The van der Waals surface area contributed by atoms with E-state index in [0.29, 0.717) is 30.3 Å². The normalized spacial score (nSPS) is 11.1. The molecule has 0 aliphatic carbocycles. The highest BCUT2D eigenvalue weighted by Gasteiger charge is 2.14. The lowest BCUT2D eigenvalue weighted by Gasteiger charge is -2.07. The van der Waals surface area contributed by atoms with E-state index in [1.807, 2.05) is 0 Å². The number of aromatic amines is 1. The van der Waals surface area contributed by atoms with Crippen LogP contribution in [0.2, 0.25) is 0 Å². The van der Waals surface area contributed by atoms with E-state index < -0.39 is 11.2 Å². The molecule has 2 rings (SSSR count). The number of nitrogens with zero attached hydrogens (tertiary/aromatic N) is 3. The largest absolute Gasteiger partial charge is 0.383 e. The number of anilines is 1. The molecule has 0 aliphatic rings. The van der Waals surface area contributed by atoms with Crippen LogP contribution in [0.4, 0.5) is 5.95 Å². The van der Waals surface area contributed by atoms with Gasteiger partial charge in [-0.15, -0.1) is 0 Å². The maximum absolute atomic E-state index is 12.0. The second-order valence-corrected chi connectivity index (χ2v) is 3.83. The third-order valence-corrected chi connectivity index (χ3v) is 2.73. The van der Waals surface area contributed by atoms with Crippen LogP contribution in [0.1, 0.15) is 0 Å². The highest BCUT2D eigenvalue weighted by atomic mass is 16.5. The molecule has 0 saturated carbocycles. The number of hydrogen-bond acceptors (Lipinski definition) is 5. The molecular formula is C10H15N5O3. The Morgan fingerprint density at radius 2 is 2.17 bits per heavy atom. The Bertz CT molecular complexity index is 681. The van der Waals surface area contributed by atoms with Gasteiger partial charge in [0.25, 0.3) is 5.56 Å². The molecule has 0 aromatic carbocycles. The number of H-pyrrole nitrogens is 1. The molecule has 0 spiro atoms. The summed E-state index contributed by atoms with van der Waals surface area (Å²) in [4.78, 5) is 30.9. The minimum atomic E-state index is -0.404. The second-order valence-electron chi connectivity index (χ2n) is 3.83. The highest BCUT2D eigenvalue weighted by molar-refractivity contribution is 5.72. The van der Waals surface area contributed by atoms with Crippen LogP contribution in [0.5, 0.6) is 0 Å². The van der Waals surface area contributed by atoms with Gasteiger partial charge >= 0.3 is 5.69 Å². The molecule has 0 aliphatic heterocycles. The minimum Gasteiger partial charge on any atom is -0.383 e. The molecule has 98 valence electrons. The zero-order valence-electron chi connectivity index (χ0n) is 10.5. The maximum Gasteiger partial charge on any atom is 0.332 e. The Morgan fingerprint density at radius 1 is 1.44 bits per heavy atom. The van der Waals surface area contributed by atoms with Crippen molar-refractivity contribution in [3.05, 3.63) is 20.8 Å². The topological polar surface area (TPSA) is 93.9 Å². The summed E-state index contributed by atoms with van der Waals surface area (Å²) in [5.74, 6) is 0.443. The molecule has 0 amide bonds. The molecule has 2 aromatic heterocycles. The minimum absolute atomic E-state index is 0.303. The Labute approximate surface area is 102 Å². The van der Waals surface area contributed by atoms with Crippen LogP contribution in [0.25, 0.3) is 11.2 Å². The Kier molecular flexibility index (Phi) is 3.19. The summed E-state index contributed by atoms with van der Waals surface area (Å²) in [5, 5.41) is 2.80. The lowest BCUT2D eigenvalue weighted by atomic mass is 10.5. The first-order valence-electron chi connectivity index (χ1n) is 5.46. The van der Waals surface area contributed by atoms with E-state index in [0.717, 1.165) is 4.57 Å². The number of methoxy groups -OCH3 is 1. The van der Waals surface area contributed by atoms with Gasteiger partial charge in [0.05, 0.1) is 13.2 Å². The van der Waals surface area contributed by atoms with E-state index >= 15 is 0 Å². The lowest BCUT2D eigenvalue weighted by Crippen LogP contribution is -2.38. The monoisotopic (exact) mass is 253 g/mol. The Hall–Kier alpha value is -2.09. The third kappa shape index (κ3) is 1.80. The van der Waals surface area contributed by atoms with Gasteiger partial charge < -0.3 is 15.0 Å². The fraction of sp³-hybridized carbons (Fsp3) is 0.500. The van der Waals surface area contributed by atoms with Crippen molar-refractivity contribution < 1.29 is 4.74 Å². The predicted octanol–water partition coefficient (Wildman–Crippen LogP) is -0.889. The molecule has 0 bridgehead atoms. The van der Waals surface area contributed by atoms with E-state index in [-0.39, 0.29) is 0 Å². The van der Waals surface area contributed by atoms with Crippen LogP contribution in [-0.4, -0.2) is 39.9 Å². The molecular weight excluding hydrogens is 238 g/mol. The first kappa shape index (κ1) is 12.4. The molecule has 0 atom stereocenters. The SMILES string of the molecule is CNc1nc2c([nH]1)c(=O)n(C)c(=O)n2CCOC. The van der Waals surface area contributed by atoms with E-state index in [9.17, 15) is 9.59 Å². The summed E-state index contributed by atoms with van der Waals surface area (Å²) in [6.07, 6.45) is 0. The number of imidazole rings is 1. The average Bonchev–Trinajstić information content (AvgIpc) is 2.80. The van der Waals surface area contributed by atoms with E-state index in [2.05, 4.69) is 15.3 Å². The van der Waals surface area contributed by atoms with Gasteiger partial charge in [0, 0.05) is 21.2 Å². The summed E-state index contributed by atoms with van der Waals surface area (Å²) in [6, 6.07) is 0. The van der Waals surface area contributed by atoms with E-state index in [1.54, 1.807) is 14.2 Å². The van der Waals surface area contributed by atoms with Crippen molar-refractivity contribution in [1.82, 2.24) is 19.1 Å². The van der Waals surface area contributed by atoms with Crippen molar-refractivity contribution >= 4 is 17.1 Å². The van der Waals surface area contributed by atoms with Crippen LogP contribution >= 0.6 is 0 Å². The second kappa shape index (κ2) is 4.65. The first-order chi connectivity index (χ1) is 8.60. The summed E-state index contributed by atoms with van der Waals surface area (Å²) in [5.41, 5.74) is -0.154. The number of fused-ring (bicyclic) bond motifs is 1. The first-order valence-corrected chi connectivity index (χ1v) is 5.46. The van der Waals surface area contributed by atoms with Crippen molar-refractivity contribution in [1.29, 1.82) is 0 Å². The number of hydrogen-bond donors (Lipinski definition) is 2. The van der Waals surface area contributed by atoms with Crippen LogP contribution in [0, 0.1) is 0 Å². The van der Waals surface area contributed by atoms with Gasteiger partial charge in [-0.25, -0.2) is 4.79 Å². The smallest absolute Gasteiger partial charge is 0.332 e. The standard InChI is InChI=1S/C10H15N5O3/c1-11-9-12-6-7(13-9)15(4-5-18-3)10(17)14(2)8(6)16/h4-5H2,1-3H3,(H2,11,12,13). The molecule has 2 N–H and O–H groups in total. The summed E-state index contributed by atoms with van der Waals surface area (Å²) < 4.78 is 7.42. The van der Waals surface area contributed by atoms with Gasteiger partial charge in [0.2, 0.25) is 5.95 Å². The van der Waals surface area contributed by atoms with Crippen LogP contribution in [-0.2, 0) is 18.3 Å². The fourth-order valence-corrected chi connectivity index (χ4v) is 1.74. The number of rotatable bonds is 4. The third-order valence-electron chi connectivity index (χ3n) is 2.73. The average molecular weight is 253 g/mol. The van der Waals surface area contributed by atoms with Gasteiger partial charge in [0.1, 0.15) is 0 Å². The van der Waals surface area contributed by atoms with Gasteiger partial charge in [-0.3, -0.25) is 13.9 Å². The molecule has 8 nitrogen and oxygen atoms in total. The zero-order valence-corrected chi connectivity index (χ0v) is 10.5. The van der Waals surface area contributed by atoms with Crippen LogP contribution < -0.4 is 16.6 Å². The maximum atomic E-state index is 12.0. The van der Waals surface area contributed by atoms with Crippen molar-refractivity contribution in [2.45, 2.75) is 6.54 Å². The Morgan fingerprint density at radius 3 is 2.78 bits per heavy atom. The summed E-state index contributed by atoms with van der Waals surface area (Å²) in [7, 11) is 4.67. The van der Waals surface area contributed by atoms with Gasteiger partial charge in [-0.05, 0) is 0 Å². The molecule has 0 radical (unpaired) electrons. The molecule has 0 unspecified atom stereocenters. The van der Waals surface area contributed by atoms with Gasteiger partial charge in [-0.2, -0.15) is 4.98 Å². The molecule has 2 heterocycles. The number of ether oxygens (including phenoxy) is 1. The molecule has 8 heteroatoms. The Balaban J connectivity index is 2.77. The quantitative estimate of drug-likeness (QED) is 0.737. The van der Waals surface area contributed by atoms with Crippen molar-refractivity contribution in [3.63, 3.8) is 0 Å². The van der Waals surface area contributed by atoms with Crippen LogP contribution in [0.15, 0.2) is 9.59 Å². The summed E-state index contributed by atoms with van der Waals surface area (Å²) >= 11 is 0. The van der Waals surface area contributed by atoms with E-state index in [4.69, 9.17) is 4.74 Å².